The highest BCUT2D eigenvalue weighted by molar-refractivity contribution is 8.00. The lowest BCUT2D eigenvalue weighted by Gasteiger charge is -2.15. The molecule has 0 aliphatic carbocycles. The molecule has 0 fully saturated rings. The summed E-state index contributed by atoms with van der Waals surface area (Å²) in [5.41, 5.74) is 2.72. The van der Waals surface area contributed by atoms with E-state index in [0.29, 0.717) is 14.9 Å². The van der Waals surface area contributed by atoms with Crippen molar-refractivity contribution in [1.29, 1.82) is 0 Å². The molecule has 2 N–H and O–H groups in total. The number of aryl methyl sites for hydroxylation is 2. The predicted molar refractivity (Wildman–Crippen MR) is 109 cm³/mol. The molecule has 7 heteroatoms. The molecule has 138 valence electrons. The van der Waals surface area contributed by atoms with E-state index in [1.807, 2.05) is 32.0 Å². The molecule has 1 atom stereocenters. The molecule has 0 saturated heterocycles. The zero-order valence-corrected chi connectivity index (χ0v) is 17.1. The smallest absolute Gasteiger partial charge is 0.243 e. The molecule has 0 aliphatic heterocycles. The topological polar surface area (TPSA) is 58.2 Å². The third-order valence-electron chi connectivity index (χ3n) is 3.75. The average molecular weight is 411 g/mol. The van der Waals surface area contributed by atoms with Gasteiger partial charge in [0.15, 0.2) is 0 Å². The first-order valence-corrected chi connectivity index (χ1v) is 9.67. The van der Waals surface area contributed by atoms with Gasteiger partial charge in [-0.2, -0.15) is 0 Å². The van der Waals surface area contributed by atoms with Crippen LogP contribution in [0.4, 0.5) is 5.69 Å². The van der Waals surface area contributed by atoms with Crippen molar-refractivity contribution in [2.24, 2.45) is 0 Å². The number of anilines is 1. The van der Waals surface area contributed by atoms with Crippen molar-refractivity contribution in [2.45, 2.75) is 30.9 Å². The van der Waals surface area contributed by atoms with E-state index in [1.54, 1.807) is 25.1 Å². The Balaban J connectivity index is 1.90. The number of benzene rings is 2. The van der Waals surface area contributed by atoms with Crippen molar-refractivity contribution < 1.29 is 9.59 Å². The second-order valence-corrected chi connectivity index (χ2v) is 8.01. The Hall–Kier alpha value is -1.69. The van der Waals surface area contributed by atoms with Gasteiger partial charge in [-0.1, -0.05) is 47.5 Å². The van der Waals surface area contributed by atoms with Gasteiger partial charge in [0.05, 0.1) is 21.8 Å². The summed E-state index contributed by atoms with van der Waals surface area (Å²) >= 11 is 13.5. The van der Waals surface area contributed by atoms with Gasteiger partial charge in [-0.05, 0) is 44.0 Å². The Bertz CT molecular complexity index is 787. The Kier molecular flexibility index (Phi) is 7.38. The number of amides is 2. The molecule has 0 heterocycles. The van der Waals surface area contributed by atoms with Crippen LogP contribution in [-0.4, -0.2) is 23.6 Å². The van der Waals surface area contributed by atoms with Crippen molar-refractivity contribution in [3.63, 3.8) is 0 Å². The van der Waals surface area contributed by atoms with Gasteiger partial charge >= 0.3 is 0 Å². The van der Waals surface area contributed by atoms with E-state index in [9.17, 15) is 9.59 Å². The SMILES string of the molecule is Cc1cccc(C)c1NC(=O)CNC(=O)C(C)Sc1c(Cl)cccc1Cl. The molecule has 0 spiro atoms. The van der Waals surface area contributed by atoms with Crippen LogP contribution >= 0.6 is 35.0 Å². The van der Waals surface area contributed by atoms with Crippen LogP contribution in [0.15, 0.2) is 41.3 Å². The minimum absolute atomic E-state index is 0.103. The Labute approximate surface area is 167 Å². The lowest BCUT2D eigenvalue weighted by molar-refractivity contribution is -0.123. The van der Waals surface area contributed by atoms with E-state index in [2.05, 4.69) is 10.6 Å². The molecule has 0 radical (unpaired) electrons. The molecule has 4 nitrogen and oxygen atoms in total. The monoisotopic (exact) mass is 410 g/mol. The minimum atomic E-state index is -0.444. The lowest BCUT2D eigenvalue weighted by Crippen LogP contribution is -2.37. The molecule has 0 saturated carbocycles. The van der Waals surface area contributed by atoms with Crippen molar-refractivity contribution in [2.75, 3.05) is 11.9 Å². The van der Waals surface area contributed by atoms with Gasteiger partial charge < -0.3 is 10.6 Å². The summed E-state index contributed by atoms with van der Waals surface area (Å²) in [6, 6.07) is 11.0. The second-order valence-electron chi connectivity index (χ2n) is 5.84. The molecule has 2 aromatic rings. The summed E-state index contributed by atoms with van der Waals surface area (Å²) in [6.45, 7) is 5.48. The maximum atomic E-state index is 12.3. The van der Waals surface area contributed by atoms with Crippen LogP contribution in [0.5, 0.6) is 0 Å². The van der Waals surface area contributed by atoms with Crippen LogP contribution in [0.3, 0.4) is 0 Å². The van der Waals surface area contributed by atoms with E-state index in [4.69, 9.17) is 23.2 Å². The molecular weight excluding hydrogens is 391 g/mol. The van der Waals surface area contributed by atoms with Gasteiger partial charge in [-0.3, -0.25) is 9.59 Å². The highest BCUT2D eigenvalue weighted by Gasteiger charge is 2.18. The summed E-state index contributed by atoms with van der Waals surface area (Å²) in [5, 5.41) is 6.03. The van der Waals surface area contributed by atoms with Crippen LogP contribution < -0.4 is 10.6 Å². The molecule has 2 rings (SSSR count). The van der Waals surface area contributed by atoms with E-state index >= 15 is 0 Å². The van der Waals surface area contributed by atoms with Crippen LogP contribution in [0.1, 0.15) is 18.1 Å². The van der Waals surface area contributed by atoms with Gasteiger partial charge in [0.25, 0.3) is 0 Å². The van der Waals surface area contributed by atoms with Crippen LogP contribution in [0.2, 0.25) is 10.0 Å². The fraction of sp³-hybridized carbons (Fsp3) is 0.263. The van der Waals surface area contributed by atoms with Gasteiger partial charge in [0, 0.05) is 10.6 Å². The predicted octanol–water partition coefficient (Wildman–Crippen LogP) is 4.85. The Morgan fingerprint density at radius 1 is 1.04 bits per heavy atom. The number of carbonyl (C=O) groups excluding carboxylic acids is 2. The molecule has 26 heavy (non-hydrogen) atoms. The second kappa shape index (κ2) is 9.31. The Morgan fingerprint density at radius 2 is 1.58 bits per heavy atom. The molecule has 0 aliphatic rings. The van der Waals surface area contributed by atoms with E-state index < -0.39 is 5.25 Å². The number of carbonyl (C=O) groups is 2. The normalized spacial score (nSPS) is 11.7. The maximum Gasteiger partial charge on any atom is 0.243 e. The molecular formula is C19H20Cl2N2O2S. The highest BCUT2D eigenvalue weighted by Crippen LogP contribution is 2.36. The summed E-state index contributed by atoms with van der Waals surface area (Å²) < 4.78 is 0. The molecule has 0 aromatic heterocycles. The van der Waals surface area contributed by atoms with E-state index in [0.717, 1.165) is 16.8 Å². The molecule has 0 bridgehead atoms. The number of nitrogens with one attached hydrogen (secondary N) is 2. The first-order valence-electron chi connectivity index (χ1n) is 8.04. The van der Waals surface area contributed by atoms with Gasteiger partial charge in [0.2, 0.25) is 11.8 Å². The number of hydrogen-bond acceptors (Lipinski definition) is 3. The van der Waals surface area contributed by atoms with Crippen molar-refractivity contribution in [3.8, 4) is 0 Å². The number of halogens is 2. The summed E-state index contributed by atoms with van der Waals surface area (Å²) in [6.07, 6.45) is 0. The first kappa shape index (κ1) is 20.6. The van der Waals surface area contributed by atoms with Gasteiger partial charge in [-0.15, -0.1) is 11.8 Å². The number of hydrogen-bond donors (Lipinski definition) is 2. The third-order valence-corrected chi connectivity index (χ3v) is 5.85. The summed E-state index contributed by atoms with van der Waals surface area (Å²) in [4.78, 5) is 25.0. The highest BCUT2D eigenvalue weighted by atomic mass is 35.5. The summed E-state index contributed by atoms with van der Waals surface area (Å²) in [7, 11) is 0. The fourth-order valence-corrected chi connectivity index (χ4v) is 3.90. The largest absolute Gasteiger partial charge is 0.346 e. The van der Waals surface area contributed by atoms with Crippen molar-refractivity contribution >= 4 is 52.5 Å². The third kappa shape index (κ3) is 5.40. The standard InChI is InChI=1S/C19H20Cl2N2O2S/c1-11-6-4-7-12(2)17(11)23-16(24)10-22-19(25)13(3)26-18-14(20)8-5-9-15(18)21/h4-9,13H,10H2,1-3H3,(H,22,25)(H,23,24). The maximum absolute atomic E-state index is 12.3. The number of rotatable bonds is 6. The van der Waals surface area contributed by atoms with Crippen molar-refractivity contribution in [3.05, 3.63) is 57.6 Å². The number of thioether (sulfide) groups is 1. The number of para-hydroxylation sites is 1. The lowest BCUT2D eigenvalue weighted by atomic mass is 10.1. The van der Waals surface area contributed by atoms with Crippen LogP contribution in [0.25, 0.3) is 0 Å². The molecule has 2 aromatic carbocycles. The average Bonchev–Trinajstić information content (AvgIpc) is 2.59. The van der Waals surface area contributed by atoms with Crippen LogP contribution in [-0.2, 0) is 9.59 Å². The van der Waals surface area contributed by atoms with Gasteiger partial charge in [-0.25, -0.2) is 0 Å². The zero-order chi connectivity index (χ0) is 19.3. The zero-order valence-electron chi connectivity index (χ0n) is 14.7. The van der Waals surface area contributed by atoms with Gasteiger partial charge in [0.1, 0.15) is 0 Å². The van der Waals surface area contributed by atoms with E-state index in [-0.39, 0.29) is 18.4 Å². The van der Waals surface area contributed by atoms with E-state index in [1.165, 1.54) is 11.8 Å². The quantitative estimate of drug-likeness (QED) is 0.669. The fourth-order valence-electron chi connectivity index (χ4n) is 2.33. The Morgan fingerprint density at radius 3 is 2.15 bits per heavy atom. The minimum Gasteiger partial charge on any atom is -0.346 e. The molecule has 2 amide bonds. The molecule has 1 unspecified atom stereocenters. The van der Waals surface area contributed by atoms with Crippen LogP contribution in [0, 0.1) is 13.8 Å². The first-order chi connectivity index (χ1) is 12.3. The van der Waals surface area contributed by atoms with Crippen molar-refractivity contribution in [1.82, 2.24) is 5.32 Å². The summed E-state index contributed by atoms with van der Waals surface area (Å²) in [5.74, 6) is -0.536.